The van der Waals surface area contributed by atoms with Crippen molar-refractivity contribution >= 4 is 31.6 Å². The zero-order valence-electron chi connectivity index (χ0n) is 11.0. The Labute approximate surface area is 122 Å². The third-order valence-corrected chi connectivity index (χ3v) is 5.09. The second-order valence-corrected chi connectivity index (χ2v) is 7.97. The fraction of sp³-hybridized carbons (Fsp3) is 0.385. The summed E-state index contributed by atoms with van der Waals surface area (Å²) >= 11 is 3.29. The van der Waals surface area contributed by atoms with Crippen molar-refractivity contribution in [3.8, 4) is 6.07 Å². The fourth-order valence-electron chi connectivity index (χ4n) is 1.45. The summed E-state index contributed by atoms with van der Waals surface area (Å²) in [7, 11) is -2.80. The highest BCUT2D eigenvalue weighted by molar-refractivity contribution is 9.10. The van der Waals surface area contributed by atoms with E-state index in [0.717, 1.165) is 0 Å². The van der Waals surface area contributed by atoms with E-state index in [-0.39, 0.29) is 6.42 Å². The van der Waals surface area contributed by atoms with Crippen molar-refractivity contribution in [2.75, 3.05) is 6.26 Å². The SMILES string of the molecule is CC(C)(C#N)CC(=O)N=S(C)(=O)c1ccccc1Br. The van der Waals surface area contributed by atoms with E-state index in [4.69, 9.17) is 5.26 Å². The summed E-state index contributed by atoms with van der Waals surface area (Å²) in [6, 6.07) is 8.97. The number of hydrogen-bond acceptors (Lipinski definition) is 3. The highest BCUT2D eigenvalue weighted by Gasteiger charge is 2.22. The zero-order valence-corrected chi connectivity index (χ0v) is 13.4. The molecule has 0 radical (unpaired) electrons. The normalized spacial score (nSPS) is 14.3. The molecule has 0 aliphatic heterocycles. The highest BCUT2D eigenvalue weighted by atomic mass is 79.9. The monoisotopic (exact) mass is 342 g/mol. The number of hydrogen-bond donors (Lipinski definition) is 0. The highest BCUT2D eigenvalue weighted by Crippen LogP contribution is 2.24. The third-order valence-electron chi connectivity index (χ3n) is 2.42. The Hall–Kier alpha value is -1.19. The molecule has 19 heavy (non-hydrogen) atoms. The predicted molar refractivity (Wildman–Crippen MR) is 77.9 cm³/mol. The quantitative estimate of drug-likeness (QED) is 0.845. The largest absolute Gasteiger partial charge is 0.272 e. The summed E-state index contributed by atoms with van der Waals surface area (Å²) in [5.41, 5.74) is -0.802. The lowest BCUT2D eigenvalue weighted by atomic mass is 9.91. The first-order chi connectivity index (χ1) is 8.68. The van der Waals surface area contributed by atoms with E-state index >= 15 is 0 Å². The average molecular weight is 343 g/mol. The summed E-state index contributed by atoms with van der Waals surface area (Å²) in [4.78, 5) is 12.3. The molecule has 6 heteroatoms. The van der Waals surface area contributed by atoms with Crippen LogP contribution < -0.4 is 0 Å². The fourth-order valence-corrected chi connectivity index (χ4v) is 3.94. The molecule has 0 fully saturated rings. The molecule has 1 aromatic rings. The molecule has 0 bridgehead atoms. The van der Waals surface area contributed by atoms with Crippen LogP contribution in [0.5, 0.6) is 0 Å². The Bertz CT molecular complexity index is 653. The summed E-state index contributed by atoms with van der Waals surface area (Å²) in [5, 5.41) is 8.88. The van der Waals surface area contributed by atoms with E-state index in [2.05, 4.69) is 20.3 Å². The molecule has 1 atom stereocenters. The molecule has 0 aromatic heterocycles. The first kappa shape index (κ1) is 15.9. The third kappa shape index (κ3) is 4.44. The van der Waals surface area contributed by atoms with Crippen molar-refractivity contribution in [1.82, 2.24) is 0 Å². The maximum Gasteiger partial charge on any atom is 0.255 e. The molecule has 0 aliphatic carbocycles. The Morgan fingerprint density at radius 2 is 2.05 bits per heavy atom. The van der Waals surface area contributed by atoms with Crippen LogP contribution in [0.25, 0.3) is 0 Å². The minimum Gasteiger partial charge on any atom is -0.272 e. The van der Waals surface area contributed by atoms with Crippen molar-refractivity contribution in [3.05, 3.63) is 28.7 Å². The van der Waals surface area contributed by atoms with Crippen LogP contribution in [0.4, 0.5) is 0 Å². The molecule has 1 rings (SSSR count). The molecule has 1 amide bonds. The van der Waals surface area contributed by atoms with Gasteiger partial charge in [-0.25, -0.2) is 4.21 Å². The summed E-state index contributed by atoms with van der Waals surface area (Å²) in [6.45, 7) is 3.30. The van der Waals surface area contributed by atoms with Gasteiger partial charge in [-0.3, -0.25) is 4.79 Å². The van der Waals surface area contributed by atoms with Gasteiger partial charge in [0.05, 0.1) is 26.1 Å². The average Bonchev–Trinajstić information content (AvgIpc) is 2.27. The Balaban J connectivity index is 3.12. The number of carbonyl (C=O) groups is 1. The van der Waals surface area contributed by atoms with Gasteiger partial charge in [0.1, 0.15) is 0 Å². The van der Waals surface area contributed by atoms with Crippen molar-refractivity contribution in [1.29, 1.82) is 5.26 Å². The summed E-state index contributed by atoms with van der Waals surface area (Å²) in [5.74, 6) is -0.519. The minimum atomic E-state index is -2.80. The first-order valence-corrected chi connectivity index (χ1v) is 8.30. The van der Waals surface area contributed by atoms with Crippen LogP contribution in [0.1, 0.15) is 20.3 Å². The van der Waals surface area contributed by atoms with Crippen LogP contribution >= 0.6 is 15.9 Å². The first-order valence-electron chi connectivity index (χ1n) is 5.59. The number of nitriles is 1. The van der Waals surface area contributed by atoms with Crippen molar-refractivity contribution in [3.63, 3.8) is 0 Å². The number of rotatable bonds is 3. The summed E-state index contributed by atoms with van der Waals surface area (Å²) < 4.78 is 16.9. The molecule has 1 aromatic carbocycles. The van der Waals surface area contributed by atoms with Gasteiger partial charge in [-0.1, -0.05) is 12.1 Å². The predicted octanol–water partition coefficient (Wildman–Crippen LogP) is 3.37. The molecule has 0 saturated carbocycles. The van der Waals surface area contributed by atoms with Gasteiger partial charge in [0.2, 0.25) is 0 Å². The minimum absolute atomic E-state index is 0.0429. The van der Waals surface area contributed by atoms with Crippen LogP contribution in [0, 0.1) is 16.7 Å². The molecule has 0 aliphatic rings. The smallest absolute Gasteiger partial charge is 0.255 e. The van der Waals surface area contributed by atoms with Gasteiger partial charge >= 0.3 is 0 Å². The molecular weight excluding hydrogens is 328 g/mol. The molecule has 4 nitrogen and oxygen atoms in total. The van der Waals surface area contributed by atoms with E-state index in [1.54, 1.807) is 38.1 Å². The van der Waals surface area contributed by atoms with Crippen LogP contribution in [-0.2, 0) is 14.5 Å². The van der Waals surface area contributed by atoms with Gasteiger partial charge in [0, 0.05) is 17.1 Å². The van der Waals surface area contributed by atoms with Gasteiger partial charge in [-0.15, -0.1) is 0 Å². The molecular formula is C13H15BrN2O2S. The van der Waals surface area contributed by atoms with Crippen molar-refractivity contribution in [2.45, 2.75) is 25.2 Å². The number of amides is 1. The van der Waals surface area contributed by atoms with E-state index in [0.29, 0.717) is 9.37 Å². The van der Waals surface area contributed by atoms with Crippen LogP contribution in [0.15, 0.2) is 38.0 Å². The van der Waals surface area contributed by atoms with Gasteiger partial charge in [0.25, 0.3) is 5.91 Å². The lowest BCUT2D eigenvalue weighted by Gasteiger charge is -2.12. The van der Waals surface area contributed by atoms with E-state index in [1.165, 1.54) is 6.26 Å². The lowest BCUT2D eigenvalue weighted by molar-refractivity contribution is -0.118. The van der Waals surface area contributed by atoms with Gasteiger partial charge in [-0.05, 0) is 41.9 Å². The molecule has 0 heterocycles. The lowest BCUT2D eigenvalue weighted by Crippen LogP contribution is -2.14. The maximum atomic E-state index is 12.5. The van der Waals surface area contributed by atoms with Gasteiger partial charge in [-0.2, -0.15) is 9.62 Å². The number of carbonyl (C=O) groups excluding carboxylic acids is 1. The number of nitrogens with zero attached hydrogens (tertiary/aromatic N) is 2. The molecule has 0 spiro atoms. The number of benzene rings is 1. The molecule has 102 valence electrons. The van der Waals surface area contributed by atoms with E-state index < -0.39 is 21.1 Å². The van der Waals surface area contributed by atoms with E-state index in [1.807, 2.05) is 6.07 Å². The molecule has 1 unspecified atom stereocenters. The van der Waals surface area contributed by atoms with Crippen LogP contribution in [0.2, 0.25) is 0 Å². The van der Waals surface area contributed by atoms with Gasteiger partial charge < -0.3 is 0 Å². The van der Waals surface area contributed by atoms with Crippen molar-refractivity contribution < 1.29 is 9.00 Å². The Kier molecular flexibility index (Phi) is 4.88. The van der Waals surface area contributed by atoms with Gasteiger partial charge in [0.15, 0.2) is 0 Å². The number of halogens is 1. The molecule has 0 saturated heterocycles. The van der Waals surface area contributed by atoms with Crippen LogP contribution in [-0.4, -0.2) is 16.4 Å². The molecule has 0 N–H and O–H groups in total. The van der Waals surface area contributed by atoms with Crippen LogP contribution in [0.3, 0.4) is 0 Å². The standard InChI is InChI=1S/C13H15BrN2O2S/c1-13(2,9-15)8-12(17)16-19(3,18)11-7-5-4-6-10(11)14/h4-7H,8H2,1-3H3. The Morgan fingerprint density at radius 3 is 2.58 bits per heavy atom. The summed E-state index contributed by atoms with van der Waals surface area (Å²) in [6.07, 6.45) is 1.38. The van der Waals surface area contributed by atoms with Crippen molar-refractivity contribution in [2.24, 2.45) is 9.78 Å². The second-order valence-electron chi connectivity index (χ2n) is 4.89. The maximum absolute atomic E-state index is 12.5. The topological polar surface area (TPSA) is 70.3 Å². The van der Waals surface area contributed by atoms with E-state index in [9.17, 15) is 9.00 Å². The second kappa shape index (κ2) is 5.85. The Morgan fingerprint density at radius 1 is 1.47 bits per heavy atom. The zero-order chi connectivity index (χ0) is 14.7.